The van der Waals surface area contributed by atoms with E-state index in [-0.39, 0.29) is 5.56 Å². The lowest BCUT2D eigenvalue weighted by atomic mass is 10.1. The SMILES string of the molecule is O=c1[nH]c(C[NH+]2CCCCC2)nc2sc3c(c12)CCC3. The molecule has 4 nitrogen and oxygen atoms in total. The molecule has 2 aromatic heterocycles. The van der Waals surface area contributed by atoms with Crippen molar-refractivity contribution in [3.63, 3.8) is 0 Å². The van der Waals surface area contributed by atoms with Gasteiger partial charge in [0.15, 0.2) is 5.82 Å². The zero-order chi connectivity index (χ0) is 13.5. The minimum absolute atomic E-state index is 0.0841. The van der Waals surface area contributed by atoms with Crippen LogP contribution < -0.4 is 10.5 Å². The second-order valence-electron chi connectivity index (χ2n) is 6.04. The summed E-state index contributed by atoms with van der Waals surface area (Å²) >= 11 is 1.74. The van der Waals surface area contributed by atoms with Gasteiger partial charge in [-0.25, -0.2) is 4.98 Å². The fourth-order valence-electron chi connectivity index (χ4n) is 3.60. The van der Waals surface area contributed by atoms with Crippen molar-refractivity contribution in [2.45, 2.75) is 45.1 Å². The van der Waals surface area contributed by atoms with Crippen LogP contribution in [0.4, 0.5) is 0 Å². The second kappa shape index (κ2) is 4.97. The average Bonchev–Trinajstić information content (AvgIpc) is 2.99. The molecule has 4 rings (SSSR count). The molecule has 106 valence electrons. The van der Waals surface area contributed by atoms with Gasteiger partial charge >= 0.3 is 0 Å². The van der Waals surface area contributed by atoms with Gasteiger partial charge in [0.05, 0.1) is 18.5 Å². The Bertz CT molecular complexity index is 697. The number of thiophene rings is 1. The first-order valence-corrected chi connectivity index (χ1v) is 8.50. The Labute approximate surface area is 121 Å². The van der Waals surface area contributed by atoms with E-state index in [0.717, 1.165) is 35.4 Å². The highest BCUT2D eigenvalue weighted by Gasteiger charge is 2.22. The number of nitrogens with one attached hydrogen (secondary N) is 2. The van der Waals surface area contributed by atoms with Crippen LogP contribution in [0.2, 0.25) is 0 Å². The van der Waals surface area contributed by atoms with Crippen molar-refractivity contribution in [2.24, 2.45) is 0 Å². The first kappa shape index (κ1) is 12.5. The largest absolute Gasteiger partial charge is 0.329 e. The number of quaternary nitrogens is 1. The predicted octanol–water partition coefficient (Wildman–Crippen LogP) is 1.04. The van der Waals surface area contributed by atoms with Gasteiger partial charge in [0.25, 0.3) is 5.56 Å². The molecule has 1 saturated heterocycles. The van der Waals surface area contributed by atoms with E-state index < -0.39 is 0 Å². The third kappa shape index (κ3) is 2.09. The Balaban J connectivity index is 1.69. The molecular formula is C15H20N3OS+. The van der Waals surface area contributed by atoms with Crippen molar-refractivity contribution in [1.82, 2.24) is 9.97 Å². The number of rotatable bonds is 2. The molecule has 0 bridgehead atoms. The van der Waals surface area contributed by atoms with Gasteiger partial charge in [-0.3, -0.25) is 4.79 Å². The molecule has 2 aliphatic rings. The highest BCUT2D eigenvalue weighted by molar-refractivity contribution is 7.18. The zero-order valence-electron chi connectivity index (χ0n) is 11.6. The second-order valence-corrected chi connectivity index (χ2v) is 7.12. The molecule has 2 aromatic rings. The molecule has 0 unspecified atom stereocenters. The molecule has 0 atom stereocenters. The van der Waals surface area contributed by atoms with E-state index in [0.29, 0.717) is 0 Å². The summed E-state index contributed by atoms with van der Waals surface area (Å²) in [6.07, 6.45) is 7.32. The van der Waals surface area contributed by atoms with Crippen molar-refractivity contribution < 1.29 is 4.90 Å². The predicted molar refractivity (Wildman–Crippen MR) is 80.5 cm³/mol. The monoisotopic (exact) mass is 290 g/mol. The van der Waals surface area contributed by atoms with Crippen molar-refractivity contribution in [2.75, 3.05) is 13.1 Å². The van der Waals surface area contributed by atoms with Crippen LogP contribution in [0.25, 0.3) is 10.2 Å². The highest BCUT2D eigenvalue weighted by atomic mass is 32.1. The summed E-state index contributed by atoms with van der Waals surface area (Å²) in [5, 5.41) is 0.875. The summed E-state index contributed by atoms with van der Waals surface area (Å²) in [5.74, 6) is 0.874. The molecule has 3 heterocycles. The van der Waals surface area contributed by atoms with Gasteiger partial charge in [-0.15, -0.1) is 11.3 Å². The third-order valence-electron chi connectivity index (χ3n) is 4.60. The number of likely N-dealkylation sites (tertiary alicyclic amines) is 1. The minimum Gasteiger partial charge on any atom is -0.329 e. The summed E-state index contributed by atoms with van der Waals surface area (Å²) < 4.78 is 0. The fourth-order valence-corrected chi connectivity index (χ4v) is 4.88. The van der Waals surface area contributed by atoms with Crippen LogP contribution in [0.15, 0.2) is 4.79 Å². The van der Waals surface area contributed by atoms with E-state index in [1.54, 1.807) is 16.2 Å². The number of piperidine rings is 1. The number of aromatic amines is 1. The Morgan fingerprint density at radius 2 is 2.00 bits per heavy atom. The van der Waals surface area contributed by atoms with E-state index in [1.807, 2.05) is 0 Å². The number of hydrogen-bond acceptors (Lipinski definition) is 3. The summed E-state index contributed by atoms with van der Waals surface area (Å²) in [6.45, 7) is 3.29. The summed E-state index contributed by atoms with van der Waals surface area (Å²) in [5.41, 5.74) is 1.36. The first-order chi connectivity index (χ1) is 9.81. The van der Waals surface area contributed by atoms with Gasteiger partial charge in [-0.2, -0.15) is 0 Å². The lowest BCUT2D eigenvalue weighted by Gasteiger charge is -2.22. The molecule has 0 aromatic carbocycles. The van der Waals surface area contributed by atoms with E-state index >= 15 is 0 Å². The Hall–Kier alpha value is -1.20. The van der Waals surface area contributed by atoms with Crippen LogP contribution in [0.1, 0.15) is 41.9 Å². The zero-order valence-corrected chi connectivity index (χ0v) is 12.4. The van der Waals surface area contributed by atoms with E-state index in [2.05, 4.69) is 4.98 Å². The topological polar surface area (TPSA) is 50.2 Å². The smallest absolute Gasteiger partial charge is 0.260 e. The van der Waals surface area contributed by atoms with Gasteiger partial charge in [0.2, 0.25) is 0 Å². The summed E-state index contributed by atoms with van der Waals surface area (Å²) in [6, 6.07) is 0. The first-order valence-electron chi connectivity index (χ1n) is 7.68. The van der Waals surface area contributed by atoms with Crippen molar-refractivity contribution in [3.8, 4) is 0 Å². The summed E-state index contributed by atoms with van der Waals surface area (Å²) in [4.78, 5) is 24.0. The van der Waals surface area contributed by atoms with Crippen LogP contribution in [-0.2, 0) is 19.4 Å². The van der Waals surface area contributed by atoms with E-state index in [9.17, 15) is 4.79 Å². The number of nitrogens with zero attached hydrogens (tertiary/aromatic N) is 1. The maximum absolute atomic E-state index is 12.4. The Morgan fingerprint density at radius 1 is 1.15 bits per heavy atom. The Kier molecular flexibility index (Phi) is 3.11. The van der Waals surface area contributed by atoms with Gasteiger partial charge in [0.1, 0.15) is 11.4 Å². The quantitative estimate of drug-likeness (QED) is 0.868. The molecule has 5 heteroatoms. The molecule has 0 spiro atoms. The maximum atomic E-state index is 12.4. The number of aryl methyl sites for hydroxylation is 2. The lowest BCUT2D eigenvalue weighted by molar-refractivity contribution is -0.919. The van der Waals surface area contributed by atoms with Crippen molar-refractivity contribution in [3.05, 3.63) is 26.6 Å². The Morgan fingerprint density at radius 3 is 2.85 bits per heavy atom. The van der Waals surface area contributed by atoms with Crippen LogP contribution >= 0.6 is 11.3 Å². The molecule has 1 aliphatic carbocycles. The molecule has 0 saturated carbocycles. The summed E-state index contributed by atoms with van der Waals surface area (Å²) in [7, 11) is 0. The van der Waals surface area contributed by atoms with Crippen molar-refractivity contribution in [1.29, 1.82) is 0 Å². The van der Waals surface area contributed by atoms with Gasteiger partial charge in [-0.05, 0) is 44.1 Å². The standard InChI is InChI=1S/C15H19N3OS/c19-14-13-10-5-4-6-11(10)20-15(13)17-12(16-14)9-18-7-2-1-3-8-18/h1-9H2,(H,16,17,19)/p+1. The maximum Gasteiger partial charge on any atom is 0.260 e. The molecule has 0 amide bonds. The molecule has 1 fully saturated rings. The highest BCUT2D eigenvalue weighted by Crippen LogP contribution is 2.34. The number of hydrogen-bond donors (Lipinski definition) is 2. The van der Waals surface area contributed by atoms with Crippen LogP contribution in [-0.4, -0.2) is 23.1 Å². The van der Waals surface area contributed by atoms with E-state index in [4.69, 9.17) is 4.98 Å². The third-order valence-corrected chi connectivity index (χ3v) is 5.79. The molecule has 2 N–H and O–H groups in total. The van der Waals surface area contributed by atoms with Gasteiger partial charge < -0.3 is 9.88 Å². The van der Waals surface area contributed by atoms with Gasteiger partial charge in [0, 0.05) is 4.88 Å². The molecule has 20 heavy (non-hydrogen) atoms. The minimum atomic E-state index is 0.0841. The molecule has 0 radical (unpaired) electrons. The molecular weight excluding hydrogens is 270 g/mol. The number of fused-ring (bicyclic) bond motifs is 3. The average molecular weight is 290 g/mol. The van der Waals surface area contributed by atoms with Crippen molar-refractivity contribution >= 4 is 21.6 Å². The lowest BCUT2D eigenvalue weighted by Crippen LogP contribution is -3.11. The van der Waals surface area contributed by atoms with E-state index in [1.165, 1.54) is 49.2 Å². The van der Waals surface area contributed by atoms with Crippen LogP contribution in [0.5, 0.6) is 0 Å². The molecule has 1 aliphatic heterocycles. The van der Waals surface area contributed by atoms with Gasteiger partial charge in [-0.1, -0.05) is 0 Å². The normalized spacial score (nSPS) is 19.6. The number of H-pyrrole nitrogens is 1. The van der Waals surface area contributed by atoms with Crippen LogP contribution in [0, 0.1) is 0 Å². The number of aromatic nitrogens is 2. The van der Waals surface area contributed by atoms with Crippen LogP contribution in [0.3, 0.4) is 0 Å². The fraction of sp³-hybridized carbons (Fsp3) is 0.600.